The van der Waals surface area contributed by atoms with Crippen molar-refractivity contribution >= 4 is 22.1 Å². The summed E-state index contributed by atoms with van der Waals surface area (Å²) >= 11 is 0. The van der Waals surface area contributed by atoms with E-state index in [4.69, 9.17) is 9.97 Å². The van der Waals surface area contributed by atoms with E-state index >= 15 is 0 Å². The first-order valence-corrected chi connectivity index (χ1v) is 6.92. The van der Waals surface area contributed by atoms with E-state index in [0.717, 1.165) is 28.6 Å². The van der Waals surface area contributed by atoms with Crippen LogP contribution >= 0.6 is 0 Å². The van der Waals surface area contributed by atoms with Crippen molar-refractivity contribution in [2.24, 2.45) is 0 Å². The Hall–Kier alpha value is -2.00. The van der Waals surface area contributed by atoms with E-state index in [1.54, 1.807) is 0 Å². The third-order valence-electron chi connectivity index (χ3n) is 3.26. The SMILES string of the molecule is CC(C)(C)NCc1cccc2nc3ccccc3nc12. The average Bonchev–Trinajstić information content (AvgIpc) is 2.42. The molecule has 0 aliphatic rings. The van der Waals surface area contributed by atoms with Gasteiger partial charge in [-0.2, -0.15) is 0 Å². The maximum atomic E-state index is 4.78. The summed E-state index contributed by atoms with van der Waals surface area (Å²) < 4.78 is 0. The van der Waals surface area contributed by atoms with E-state index in [-0.39, 0.29) is 5.54 Å². The van der Waals surface area contributed by atoms with Crippen LogP contribution in [0.25, 0.3) is 22.1 Å². The van der Waals surface area contributed by atoms with Gasteiger partial charge in [-0.25, -0.2) is 9.97 Å². The van der Waals surface area contributed by atoms with Gasteiger partial charge in [0.1, 0.15) is 0 Å². The molecule has 0 spiro atoms. The number of fused-ring (bicyclic) bond motifs is 2. The Kier molecular flexibility index (Phi) is 3.14. The molecule has 0 saturated heterocycles. The van der Waals surface area contributed by atoms with Crippen LogP contribution in [0.3, 0.4) is 0 Å². The second kappa shape index (κ2) is 4.84. The van der Waals surface area contributed by atoms with Gasteiger partial charge in [0.05, 0.1) is 22.1 Å². The molecule has 3 rings (SSSR count). The Balaban J connectivity index is 2.10. The number of hydrogen-bond acceptors (Lipinski definition) is 3. The van der Waals surface area contributed by atoms with Crippen molar-refractivity contribution in [3.63, 3.8) is 0 Å². The average molecular weight is 265 g/mol. The zero-order valence-corrected chi connectivity index (χ0v) is 12.1. The lowest BCUT2D eigenvalue weighted by Crippen LogP contribution is -2.35. The summed E-state index contributed by atoms with van der Waals surface area (Å²) in [6, 6.07) is 14.2. The molecule has 0 aliphatic heterocycles. The number of nitrogens with one attached hydrogen (secondary N) is 1. The quantitative estimate of drug-likeness (QED) is 0.718. The first-order valence-electron chi connectivity index (χ1n) is 6.92. The normalized spacial score (nSPS) is 12.2. The van der Waals surface area contributed by atoms with E-state index in [1.807, 2.05) is 36.4 Å². The molecule has 20 heavy (non-hydrogen) atoms. The van der Waals surface area contributed by atoms with E-state index in [9.17, 15) is 0 Å². The van der Waals surface area contributed by atoms with Crippen molar-refractivity contribution in [1.82, 2.24) is 15.3 Å². The molecule has 1 aromatic heterocycles. The number of para-hydroxylation sites is 3. The van der Waals surface area contributed by atoms with E-state index in [1.165, 1.54) is 5.56 Å². The largest absolute Gasteiger partial charge is 0.308 e. The molecule has 0 atom stereocenters. The fraction of sp³-hybridized carbons (Fsp3) is 0.294. The van der Waals surface area contributed by atoms with Gasteiger partial charge in [0, 0.05) is 12.1 Å². The Labute approximate surface area is 119 Å². The predicted octanol–water partition coefficient (Wildman–Crippen LogP) is 3.67. The molecular weight excluding hydrogens is 246 g/mol. The molecule has 1 heterocycles. The third-order valence-corrected chi connectivity index (χ3v) is 3.26. The Morgan fingerprint density at radius 3 is 2.20 bits per heavy atom. The molecular formula is C17H19N3. The minimum Gasteiger partial charge on any atom is -0.308 e. The highest BCUT2D eigenvalue weighted by Gasteiger charge is 2.11. The summed E-state index contributed by atoms with van der Waals surface area (Å²) in [5.41, 5.74) is 5.12. The van der Waals surface area contributed by atoms with Crippen LogP contribution in [0.4, 0.5) is 0 Å². The molecule has 0 bridgehead atoms. The van der Waals surface area contributed by atoms with Gasteiger partial charge in [0.25, 0.3) is 0 Å². The van der Waals surface area contributed by atoms with Crippen LogP contribution < -0.4 is 5.32 Å². The van der Waals surface area contributed by atoms with Gasteiger partial charge in [-0.05, 0) is 44.5 Å². The number of benzene rings is 2. The number of rotatable bonds is 2. The maximum absolute atomic E-state index is 4.78. The number of hydrogen-bond donors (Lipinski definition) is 1. The molecule has 102 valence electrons. The van der Waals surface area contributed by atoms with Gasteiger partial charge >= 0.3 is 0 Å². The summed E-state index contributed by atoms with van der Waals surface area (Å²) in [5.74, 6) is 0. The predicted molar refractivity (Wildman–Crippen MR) is 83.6 cm³/mol. The summed E-state index contributed by atoms with van der Waals surface area (Å²) in [6.07, 6.45) is 0. The third kappa shape index (κ3) is 2.63. The lowest BCUT2D eigenvalue weighted by Gasteiger charge is -2.20. The highest BCUT2D eigenvalue weighted by Crippen LogP contribution is 2.19. The minimum atomic E-state index is 0.0897. The van der Waals surface area contributed by atoms with Crippen LogP contribution in [0.15, 0.2) is 42.5 Å². The first kappa shape index (κ1) is 13.0. The van der Waals surface area contributed by atoms with Crippen LogP contribution in [0, 0.1) is 0 Å². The van der Waals surface area contributed by atoms with E-state index in [0.29, 0.717) is 0 Å². The second-order valence-electron chi connectivity index (χ2n) is 6.10. The van der Waals surface area contributed by atoms with Gasteiger partial charge in [-0.1, -0.05) is 24.3 Å². The van der Waals surface area contributed by atoms with Gasteiger partial charge in [0.15, 0.2) is 0 Å². The number of nitrogens with zero attached hydrogens (tertiary/aromatic N) is 2. The van der Waals surface area contributed by atoms with Crippen molar-refractivity contribution in [3.8, 4) is 0 Å². The molecule has 0 unspecified atom stereocenters. The Bertz CT molecular complexity index is 757. The van der Waals surface area contributed by atoms with E-state index < -0.39 is 0 Å². The fourth-order valence-electron chi connectivity index (χ4n) is 2.20. The molecule has 3 nitrogen and oxygen atoms in total. The van der Waals surface area contributed by atoms with Crippen molar-refractivity contribution in [2.75, 3.05) is 0 Å². The summed E-state index contributed by atoms with van der Waals surface area (Å²) in [7, 11) is 0. The molecule has 1 N–H and O–H groups in total. The van der Waals surface area contributed by atoms with Crippen molar-refractivity contribution in [3.05, 3.63) is 48.0 Å². The molecule has 0 radical (unpaired) electrons. The maximum Gasteiger partial charge on any atom is 0.0939 e. The van der Waals surface area contributed by atoms with Crippen molar-refractivity contribution in [1.29, 1.82) is 0 Å². The molecule has 0 saturated carbocycles. The Morgan fingerprint density at radius 1 is 0.850 bits per heavy atom. The number of aromatic nitrogens is 2. The summed E-state index contributed by atoms with van der Waals surface area (Å²) in [5, 5.41) is 3.51. The van der Waals surface area contributed by atoms with Crippen LogP contribution in [0.5, 0.6) is 0 Å². The summed E-state index contributed by atoms with van der Waals surface area (Å²) in [6.45, 7) is 7.30. The molecule has 3 heteroatoms. The van der Waals surface area contributed by atoms with Crippen LogP contribution in [0.1, 0.15) is 26.3 Å². The smallest absolute Gasteiger partial charge is 0.0939 e. The highest BCUT2D eigenvalue weighted by molar-refractivity contribution is 5.87. The monoisotopic (exact) mass is 265 g/mol. The van der Waals surface area contributed by atoms with E-state index in [2.05, 4.69) is 32.2 Å². The Morgan fingerprint density at radius 2 is 1.50 bits per heavy atom. The fourth-order valence-corrected chi connectivity index (χ4v) is 2.20. The topological polar surface area (TPSA) is 37.8 Å². The lowest BCUT2D eigenvalue weighted by molar-refractivity contribution is 0.425. The van der Waals surface area contributed by atoms with Crippen LogP contribution in [-0.2, 0) is 6.54 Å². The summed E-state index contributed by atoms with van der Waals surface area (Å²) in [4.78, 5) is 9.47. The van der Waals surface area contributed by atoms with Gasteiger partial charge in [0.2, 0.25) is 0 Å². The zero-order valence-electron chi connectivity index (χ0n) is 12.1. The molecule has 0 aliphatic carbocycles. The molecule has 3 aromatic rings. The lowest BCUT2D eigenvalue weighted by atomic mass is 10.1. The highest BCUT2D eigenvalue weighted by atomic mass is 14.9. The second-order valence-corrected chi connectivity index (χ2v) is 6.10. The van der Waals surface area contributed by atoms with Gasteiger partial charge in [-0.3, -0.25) is 0 Å². The minimum absolute atomic E-state index is 0.0897. The van der Waals surface area contributed by atoms with Crippen LogP contribution in [0.2, 0.25) is 0 Å². The molecule has 0 fully saturated rings. The zero-order chi connectivity index (χ0) is 14.2. The molecule has 2 aromatic carbocycles. The first-order chi connectivity index (χ1) is 9.53. The van der Waals surface area contributed by atoms with Crippen LogP contribution in [-0.4, -0.2) is 15.5 Å². The van der Waals surface area contributed by atoms with Gasteiger partial charge < -0.3 is 5.32 Å². The van der Waals surface area contributed by atoms with Crippen molar-refractivity contribution < 1.29 is 0 Å². The molecule has 0 amide bonds. The standard InChI is InChI=1S/C17H19N3/c1-17(2,3)18-11-12-7-6-10-15-16(12)20-14-9-5-4-8-13(14)19-15/h4-10,18H,11H2,1-3H3. The van der Waals surface area contributed by atoms with Crippen molar-refractivity contribution in [2.45, 2.75) is 32.9 Å². The van der Waals surface area contributed by atoms with Gasteiger partial charge in [-0.15, -0.1) is 0 Å².